The fourth-order valence-electron chi connectivity index (χ4n) is 5.63. The van der Waals surface area contributed by atoms with Gasteiger partial charge >= 0.3 is 0 Å². The fourth-order valence-corrected chi connectivity index (χ4v) is 7.56. The monoisotopic (exact) mass is 398 g/mol. The maximum absolute atomic E-state index is 12.9. The smallest absolute Gasteiger partial charge is 0.155 e. The van der Waals surface area contributed by atoms with E-state index in [1.807, 2.05) is 6.92 Å². The Morgan fingerprint density at radius 2 is 1.30 bits per heavy atom. The van der Waals surface area contributed by atoms with Gasteiger partial charge in [0.05, 0.1) is 10.5 Å². The molecule has 0 amide bonds. The van der Waals surface area contributed by atoms with Crippen LogP contribution in [0.15, 0.2) is 0 Å². The molecular weight excluding hydrogens is 352 g/mol. The molecule has 2 aliphatic carbocycles. The molecule has 0 N–H and O–H groups in total. The van der Waals surface area contributed by atoms with Gasteiger partial charge in [-0.05, 0) is 69.6 Å². The van der Waals surface area contributed by atoms with Crippen LogP contribution in [0.1, 0.15) is 124 Å². The molecule has 0 aromatic carbocycles. The van der Waals surface area contributed by atoms with Crippen LogP contribution < -0.4 is 0 Å². The molecule has 0 atom stereocenters. The lowest BCUT2D eigenvalue weighted by atomic mass is 9.68. The van der Waals surface area contributed by atoms with Crippen LogP contribution in [0.2, 0.25) is 0 Å². The van der Waals surface area contributed by atoms with Gasteiger partial charge in [0.1, 0.15) is 0 Å². The minimum atomic E-state index is -2.94. The van der Waals surface area contributed by atoms with Gasteiger partial charge in [-0.3, -0.25) is 0 Å². The Morgan fingerprint density at radius 3 is 1.89 bits per heavy atom. The normalized spacial score (nSPS) is 32.5. The zero-order valence-electron chi connectivity index (χ0n) is 18.5. The van der Waals surface area contributed by atoms with Crippen LogP contribution in [0.25, 0.3) is 0 Å². The van der Waals surface area contributed by atoms with Crippen molar-refractivity contribution in [1.29, 1.82) is 0 Å². The van der Waals surface area contributed by atoms with Crippen LogP contribution >= 0.6 is 0 Å². The Labute approximate surface area is 170 Å². The summed E-state index contributed by atoms with van der Waals surface area (Å²) >= 11 is 0. The Balaban J connectivity index is 1.74. The average Bonchev–Trinajstić information content (AvgIpc) is 2.67. The zero-order chi connectivity index (χ0) is 19.8. The highest BCUT2D eigenvalue weighted by Crippen LogP contribution is 2.45. The average molecular weight is 399 g/mol. The molecule has 0 spiro atoms. The van der Waals surface area contributed by atoms with E-state index in [2.05, 4.69) is 13.8 Å². The van der Waals surface area contributed by atoms with Gasteiger partial charge in [0, 0.05) is 0 Å². The number of unbranched alkanes of at least 4 members (excludes halogenated alkanes) is 5. The maximum atomic E-state index is 12.9. The highest BCUT2D eigenvalue weighted by molar-refractivity contribution is 7.92. The second-order valence-electron chi connectivity index (χ2n) is 9.94. The predicted octanol–water partition coefficient (Wildman–Crippen LogP) is 7.32. The van der Waals surface area contributed by atoms with Crippen molar-refractivity contribution in [3.8, 4) is 0 Å². The first-order chi connectivity index (χ1) is 12.9. The molecule has 2 fully saturated rings. The van der Waals surface area contributed by atoms with E-state index in [1.165, 1.54) is 57.8 Å². The molecule has 27 heavy (non-hydrogen) atoms. The van der Waals surface area contributed by atoms with Gasteiger partial charge < -0.3 is 0 Å². The summed E-state index contributed by atoms with van der Waals surface area (Å²) in [5.41, 5.74) is 0. The van der Waals surface area contributed by atoms with Crippen molar-refractivity contribution in [2.45, 2.75) is 128 Å². The number of rotatable bonds is 11. The molecule has 0 unspecified atom stereocenters. The topological polar surface area (TPSA) is 34.1 Å². The first kappa shape index (κ1) is 23.2. The Bertz CT molecular complexity index is 494. The summed E-state index contributed by atoms with van der Waals surface area (Å²) in [6.07, 6.45) is 19.6. The highest BCUT2D eigenvalue weighted by atomic mass is 32.2. The van der Waals surface area contributed by atoms with E-state index in [0.717, 1.165) is 62.7 Å². The van der Waals surface area contributed by atoms with Crippen LogP contribution in [-0.2, 0) is 9.84 Å². The Morgan fingerprint density at radius 1 is 0.741 bits per heavy atom. The minimum absolute atomic E-state index is 0.414. The molecule has 2 rings (SSSR count). The van der Waals surface area contributed by atoms with Crippen molar-refractivity contribution in [3.05, 3.63) is 0 Å². The predicted molar refractivity (Wildman–Crippen MR) is 118 cm³/mol. The quantitative estimate of drug-likeness (QED) is 0.342. The summed E-state index contributed by atoms with van der Waals surface area (Å²) in [6, 6.07) is 0. The molecule has 0 heterocycles. The molecule has 0 aromatic rings. The molecule has 0 aliphatic heterocycles. The third-order valence-corrected chi connectivity index (χ3v) is 10.6. The molecule has 0 radical (unpaired) electrons. The van der Waals surface area contributed by atoms with Crippen LogP contribution in [0.5, 0.6) is 0 Å². The zero-order valence-corrected chi connectivity index (χ0v) is 19.3. The first-order valence-corrected chi connectivity index (χ1v) is 13.8. The summed E-state index contributed by atoms with van der Waals surface area (Å²) in [5.74, 6) is 3.07. The molecule has 0 saturated heterocycles. The standard InChI is InChI=1S/C24H46O2S/c1-4-6-8-10-20-27(25,26)24(3)18-16-23(17-19-24)22-14-12-21(13-15-22)11-9-7-5-2/h21-23H,4-20H2,1-3H3. The fraction of sp³-hybridized carbons (Fsp3) is 1.00. The van der Waals surface area contributed by atoms with E-state index in [1.54, 1.807) is 0 Å². The minimum Gasteiger partial charge on any atom is -0.228 e. The van der Waals surface area contributed by atoms with Gasteiger partial charge in [-0.25, -0.2) is 8.42 Å². The Hall–Kier alpha value is -0.0500. The van der Waals surface area contributed by atoms with Crippen LogP contribution in [-0.4, -0.2) is 18.9 Å². The molecule has 160 valence electrons. The van der Waals surface area contributed by atoms with E-state index >= 15 is 0 Å². The maximum Gasteiger partial charge on any atom is 0.155 e. The molecule has 3 heteroatoms. The van der Waals surface area contributed by atoms with Crippen LogP contribution in [0.4, 0.5) is 0 Å². The second-order valence-corrected chi connectivity index (χ2v) is 12.6. The van der Waals surface area contributed by atoms with Gasteiger partial charge in [0.25, 0.3) is 0 Å². The summed E-state index contributed by atoms with van der Waals surface area (Å²) in [6.45, 7) is 6.51. The van der Waals surface area contributed by atoms with Crippen molar-refractivity contribution >= 4 is 9.84 Å². The number of hydrogen-bond acceptors (Lipinski definition) is 2. The van der Waals surface area contributed by atoms with Gasteiger partial charge in [0.15, 0.2) is 9.84 Å². The SMILES string of the molecule is CCCCCCS(=O)(=O)C1(C)CCC(C2CCC(CCCCC)CC2)CC1. The molecule has 0 aromatic heterocycles. The lowest BCUT2D eigenvalue weighted by molar-refractivity contribution is 0.151. The van der Waals surface area contributed by atoms with Gasteiger partial charge in [0.2, 0.25) is 0 Å². The van der Waals surface area contributed by atoms with E-state index in [9.17, 15) is 8.42 Å². The van der Waals surface area contributed by atoms with Crippen molar-refractivity contribution in [2.75, 3.05) is 5.75 Å². The second kappa shape index (κ2) is 11.2. The van der Waals surface area contributed by atoms with Gasteiger partial charge in [-0.2, -0.15) is 0 Å². The lowest BCUT2D eigenvalue weighted by Crippen LogP contribution is -2.42. The highest BCUT2D eigenvalue weighted by Gasteiger charge is 2.43. The van der Waals surface area contributed by atoms with Crippen molar-refractivity contribution < 1.29 is 8.42 Å². The van der Waals surface area contributed by atoms with Gasteiger partial charge in [-0.15, -0.1) is 0 Å². The molecule has 2 saturated carbocycles. The van der Waals surface area contributed by atoms with Crippen molar-refractivity contribution in [3.63, 3.8) is 0 Å². The molecular formula is C24H46O2S. The largest absolute Gasteiger partial charge is 0.228 e. The van der Waals surface area contributed by atoms with E-state index in [-0.39, 0.29) is 0 Å². The van der Waals surface area contributed by atoms with Crippen LogP contribution in [0.3, 0.4) is 0 Å². The van der Waals surface area contributed by atoms with Crippen LogP contribution in [0, 0.1) is 17.8 Å². The van der Waals surface area contributed by atoms with E-state index in [0.29, 0.717) is 5.75 Å². The molecule has 2 aliphatic rings. The summed E-state index contributed by atoms with van der Waals surface area (Å²) in [7, 11) is -2.94. The van der Waals surface area contributed by atoms with Gasteiger partial charge in [-0.1, -0.05) is 71.6 Å². The molecule has 2 nitrogen and oxygen atoms in total. The molecule has 0 bridgehead atoms. The summed E-state index contributed by atoms with van der Waals surface area (Å²) in [4.78, 5) is 0. The third kappa shape index (κ3) is 6.75. The van der Waals surface area contributed by atoms with Crippen molar-refractivity contribution in [1.82, 2.24) is 0 Å². The van der Waals surface area contributed by atoms with Crippen molar-refractivity contribution in [2.24, 2.45) is 17.8 Å². The Kier molecular flexibility index (Phi) is 9.65. The van der Waals surface area contributed by atoms with E-state index < -0.39 is 14.6 Å². The lowest BCUT2D eigenvalue weighted by Gasteiger charge is -2.41. The number of hydrogen-bond donors (Lipinski definition) is 0. The van der Waals surface area contributed by atoms with E-state index in [4.69, 9.17) is 0 Å². The summed E-state index contributed by atoms with van der Waals surface area (Å²) in [5, 5.41) is 0. The summed E-state index contributed by atoms with van der Waals surface area (Å²) < 4.78 is 25.4. The first-order valence-electron chi connectivity index (χ1n) is 12.1. The number of sulfone groups is 1. The third-order valence-electron chi connectivity index (χ3n) is 7.88.